The molecule has 120 valence electrons. The predicted molar refractivity (Wildman–Crippen MR) is 76.4 cm³/mol. The van der Waals surface area contributed by atoms with E-state index in [9.17, 15) is 18.0 Å². The third-order valence-electron chi connectivity index (χ3n) is 4.39. The van der Waals surface area contributed by atoms with Crippen molar-refractivity contribution in [2.24, 2.45) is 0 Å². The second-order valence-electron chi connectivity index (χ2n) is 6.11. The summed E-state index contributed by atoms with van der Waals surface area (Å²) in [6.07, 6.45) is -1.45. The van der Waals surface area contributed by atoms with Gasteiger partial charge in [0.1, 0.15) is 6.54 Å². The molecule has 1 aliphatic carbocycles. The summed E-state index contributed by atoms with van der Waals surface area (Å²) in [5.74, 6) is -0.417. The number of benzene rings is 1. The Bertz CT molecular complexity index is 534. The van der Waals surface area contributed by atoms with E-state index in [1.807, 2.05) is 12.1 Å². The zero-order valence-corrected chi connectivity index (χ0v) is 12.2. The monoisotopic (exact) mass is 312 g/mol. The van der Waals surface area contributed by atoms with Crippen LogP contribution in [0.5, 0.6) is 0 Å². The van der Waals surface area contributed by atoms with Crippen molar-refractivity contribution in [3.05, 3.63) is 35.4 Å². The summed E-state index contributed by atoms with van der Waals surface area (Å²) in [6, 6.07) is 7.74. The summed E-state index contributed by atoms with van der Waals surface area (Å²) in [4.78, 5) is 13.2. The lowest BCUT2D eigenvalue weighted by atomic mass is 10.0. The van der Waals surface area contributed by atoms with Gasteiger partial charge in [0.15, 0.2) is 0 Å². The number of likely N-dealkylation sites (tertiary alicyclic amines) is 1. The van der Waals surface area contributed by atoms with Crippen LogP contribution in [0.15, 0.2) is 24.3 Å². The number of carbonyl (C=O) groups excluding carboxylic acids is 1. The molecule has 1 aromatic carbocycles. The van der Waals surface area contributed by atoms with Gasteiger partial charge in [0, 0.05) is 12.6 Å². The molecule has 1 amide bonds. The zero-order valence-electron chi connectivity index (χ0n) is 12.2. The van der Waals surface area contributed by atoms with Crippen LogP contribution in [0.3, 0.4) is 0 Å². The summed E-state index contributed by atoms with van der Waals surface area (Å²) in [7, 11) is 0. The van der Waals surface area contributed by atoms with E-state index in [2.05, 4.69) is 17.4 Å². The Morgan fingerprint density at radius 1 is 1.18 bits per heavy atom. The summed E-state index contributed by atoms with van der Waals surface area (Å²) < 4.78 is 37.5. The number of fused-ring (bicyclic) bond motifs is 1. The first-order valence-corrected chi connectivity index (χ1v) is 7.61. The highest BCUT2D eigenvalue weighted by Gasteiger charge is 2.38. The fraction of sp³-hybridized carbons (Fsp3) is 0.562. The number of amides is 1. The Labute approximate surface area is 127 Å². The van der Waals surface area contributed by atoms with Crippen molar-refractivity contribution < 1.29 is 18.0 Å². The van der Waals surface area contributed by atoms with Gasteiger partial charge in [-0.05, 0) is 36.8 Å². The Morgan fingerprint density at radius 3 is 2.41 bits per heavy atom. The minimum absolute atomic E-state index is 0.136. The lowest BCUT2D eigenvalue weighted by Gasteiger charge is -2.34. The van der Waals surface area contributed by atoms with Gasteiger partial charge >= 0.3 is 6.18 Å². The second-order valence-corrected chi connectivity index (χ2v) is 6.11. The fourth-order valence-corrected chi connectivity index (χ4v) is 3.43. The molecule has 0 aromatic heterocycles. The van der Waals surface area contributed by atoms with Crippen molar-refractivity contribution in [3.8, 4) is 0 Å². The van der Waals surface area contributed by atoms with Crippen molar-refractivity contribution in [3.63, 3.8) is 0 Å². The van der Waals surface area contributed by atoms with E-state index in [0.29, 0.717) is 12.8 Å². The molecule has 1 aliphatic heterocycles. The van der Waals surface area contributed by atoms with Crippen molar-refractivity contribution in [1.82, 2.24) is 10.2 Å². The number of halogens is 3. The topological polar surface area (TPSA) is 32.3 Å². The van der Waals surface area contributed by atoms with Crippen LogP contribution in [0, 0.1) is 0 Å². The second kappa shape index (κ2) is 5.91. The largest absolute Gasteiger partial charge is 0.406 e. The molecule has 6 heteroatoms. The highest BCUT2D eigenvalue weighted by atomic mass is 19.4. The van der Waals surface area contributed by atoms with Crippen molar-refractivity contribution in [2.75, 3.05) is 13.1 Å². The molecular weight excluding hydrogens is 293 g/mol. The molecule has 1 aromatic rings. The Morgan fingerprint density at radius 2 is 1.82 bits per heavy atom. The van der Waals surface area contributed by atoms with Crippen molar-refractivity contribution in [1.29, 1.82) is 0 Å². The normalized spacial score (nSPS) is 23.0. The first-order chi connectivity index (χ1) is 10.4. The van der Waals surface area contributed by atoms with Gasteiger partial charge < -0.3 is 10.2 Å². The van der Waals surface area contributed by atoms with Gasteiger partial charge in [-0.2, -0.15) is 13.2 Å². The van der Waals surface area contributed by atoms with E-state index in [0.717, 1.165) is 17.7 Å². The lowest BCUT2D eigenvalue weighted by Crippen LogP contribution is -2.55. The van der Waals surface area contributed by atoms with Crippen LogP contribution in [-0.2, 0) is 17.6 Å². The van der Waals surface area contributed by atoms with Crippen molar-refractivity contribution in [2.45, 2.75) is 43.9 Å². The lowest BCUT2D eigenvalue weighted by molar-refractivity contribution is -0.165. The van der Waals surface area contributed by atoms with Crippen LogP contribution < -0.4 is 5.32 Å². The third kappa shape index (κ3) is 3.43. The molecule has 1 saturated heterocycles. The Balaban J connectivity index is 1.60. The van der Waals surface area contributed by atoms with Gasteiger partial charge in [0.05, 0.1) is 6.04 Å². The number of nitrogens with one attached hydrogen (secondary N) is 1. The number of nitrogens with zero attached hydrogens (tertiary/aromatic N) is 1. The quantitative estimate of drug-likeness (QED) is 0.929. The number of hydrogen-bond donors (Lipinski definition) is 1. The number of rotatable bonds is 3. The van der Waals surface area contributed by atoms with Crippen LogP contribution in [0.1, 0.15) is 24.0 Å². The summed E-state index contributed by atoms with van der Waals surface area (Å²) in [6.45, 7) is -0.948. The molecule has 0 spiro atoms. The highest BCUT2D eigenvalue weighted by molar-refractivity contribution is 5.82. The number of hydrogen-bond acceptors (Lipinski definition) is 2. The van der Waals surface area contributed by atoms with Gasteiger partial charge in [-0.15, -0.1) is 0 Å². The third-order valence-corrected chi connectivity index (χ3v) is 4.39. The molecule has 0 saturated carbocycles. The molecular formula is C16H19F3N2O. The van der Waals surface area contributed by atoms with Gasteiger partial charge in [-0.25, -0.2) is 0 Å². The Kier molecular flexibility index (Phi) is 4.12. The minimum Gasteiger partial charge on any atom is -0.332 e. The molecule has 1 heterocycles. The van der Waals surface area contributed by atoms with Crippen LogP contribution in [0.2, 0.25) is 0 Å². The fourth-order valence-electron chi connectivity index (χ4n) is 3.43. The molecule has 3 nitrogen and oxygen atoms in total. The van der Waals surface area contributed by atoms with Gasteiger partial charge in [-0.1, -0.05) is 24.3 Å². The van der Waals surface area contributed by atoms with E-state index in [-0.39, 0.29) is 12.6 Å². The maximum atomic E-state index is 12.5. The summed E-state index contributed by atoms with van der Waals surface area (Å²) in [5, 5.41) is 3.27. The average Bonchev–Trinajstić information content (AvgIpc) is 2.84. The molecule has 1 N–H and O–H groups in total. The highest BCUT2D eigenvalue weighted by Crippen LogP contribution is 2.24. The predicted octanol–water partition coefficient (Wildman–Crippen LogP) is 2.30. The summed E-state index contributed by atoms with van der Waals surface area (Å²) in [5.41, 5.74) is 2.52. The molecule has 3 rings (SSSR count). The average molecular weight is 312 g/mol. The molecule has 1 atom stereocenters. The first kappa shape index (κ1) is 15.3. The van der Waals surface area contributed by atoms with Crippen LogP contribution in [0.25, 0.3) is 0 Å². The molecule has 2 aliphatic rings. The molecule has 1 unspecified atom stereocenters. The standard InChI is InChI=1S/C16H19F3N2O/c17-16(18,19)10-21-7-3-6-14(15(21)22)20-13-8-11-4-1-2-5-12(11)9-13/h1-2,4-5,13-14,20H,3,6-10H2. The van der Waals surface area contributed by atoms with E-state index in [4.69, 9.17) is 0 Å². The van der Waals surface area contributed by atoms with E-state index in [1.54, 1.807) is 0 Å². The van der Waals surface area contributed by atoms with E-state index >= 15 is 0 Å². The van der Waals surface area contributed by atoms with Gasteiger partial charge in [0.2, 0.25) is 5.91 Å². The van der Waals surface area contributed by atoms with E-state index < -0.39 is 24.7 Å². The summed E-state index contributed by atoms with van der Waals surface area (Å²) >= 11 is 0. The maximum absolute atomic E-state index is 12.5. The number of piperidine rings is 1. The molecule has 1 fully saturated rings. The molecule has 22 heavy (non-hydrogen) atoms. The molecule has 0 bridgehead atoms. The smallest absolute Gasteiger partial charge is 0.332 e. The van der Waals surface area contributed by atoms with Gasteiger partial charge in [0.25, 0.3) is 0 Å². The van der Waals surface area contributed by atoms with E-state index in [1.165, 1.54) is 11.1 Å². The number of carbonyl (C=O) groups is 1. The minimum atomic E-state index is -4.33. The first-order valence-electron chi connectivity index (χ1n) is 7.61. The SMILES string of the molecule is O=C1C(NC2Cc3ccccc3C2)CCCN1CC(F)(F)F. The number of alkyl halides is 3. The van der Waals surface area contributed by atoms with Crippen LogP contribution in [-0.4, -0.2) is 42.2 Å². The van der Waals surface area contributed by atoms with Gasteiger partial charge in [-0.3, -0.25) is 4.79 Å². The maximum Gasteiger partial charge on any atom is 0.406 e. The molecule has 0 radical (unpaired) electrons. The zero-order chi connectivity index (χ0) is 15.7. The van der Waals surface area contributed by atoms with Crippen LogP contribution in [0.4, 0.5) is 13.2 Å². The van der Waals surface area contributed by atoms with Crippen molar-refractivity contribution >= 4 is 5.91 Å². The Hall–Kier alpha value is -1.56. The van der Waals surface area contributed by atoms with Crippen LogP contribution >= 0.6 is 0 Å².